The van der Waals surface area contributed by atoms with E-state index in [4.69, 9.17) is 27.9 Å². The van der Waals surface area contributed by atoms with Crippen LogP contribution in [0.4, 0.5) is 13.2 Å². The van der Waals surface area contributed by atoms with Crippen molar-refractivity contribution in [2.45, 2.75) is 19.1 Å². The Kier molecular flexibility index (Phi) is 6.96. The highest BCUT2D eigenvalue weighted by Gasteiger charge is 2.30. The number of nitrogens with zero attached hydrogens (tertiary/aromatic N) is 3. The molecule has 8 nitrogen and oxygen atoms in total. The monoisotopic (exact) mass is 576 g/mol. The van der Waals surface area contributed by atoms with E-state index in [1.54, 1.807) is 23.1 Å². The summed E-state index contributed by atoms with van der Waals surface area (Å²) in [4.78, 5) is 40.0. The van der Waals surface area contributed by atoms with Gasteiger partial charge < -0.3 is 9.64 Å². The van der Waals surface area contributed by atoms with Gasteiger partial charge in [0, 0.05) is 18.7 Å². The minimum Gasteiger partial charge on any atom is -0.454 e. The van der Waals surface area contributed by atoms with E-state index in [0.717, 1.165) is 28.6 Å². The van der Waals surface area contributed by atoms with Crippen molar-refractivity contribution in [1.29, 1.82) is 0 Å². The first kappa shape index (κ1) is 26.5. The maximum atomic E-state index is 13.1. The minimum absolute atomic E-state index is 0.0777. The Labute approximate surface area is 228 Å². The molecular formula is C26H17Cl2F3N4O4. The second-order valence-electron chi connectivity index (χ2n) is 8.68. The summed E-state index contributed by atoms with van der Waals surface area (Å²) in [7, 11) is 0. The number of rotatable bonds is 5. The van der Waals surface area contributed by atoms with Gasteiger partial charge in [-0.1, -0.05) is 35.3 Å². The van der Waals surface area contributed by atoms with Gasteiger partial charge in [-0.3, -0.25) is 14.6 Å². The molecule has 0 unspecified atom stereocenters. The van der Waals surface area contributed by atoms with Crippen LogP contribution in [-0.2, 0) is 19.1 Å². The van der Waals surface area contributed by atoms with Gasteiger partial charge in [0.1, 0.15) is 11.9 Å². The second kappa shape index (κ2) is 10.2. The molecule has 39 heavy (non-hydrogen) atoms. The third kappa shape index (κ3) is 5.55. The average molecular weight is 577 g/mol. The number of hydrogen-bond acceptors (Lipinski definition) is 5. The quantitative estimate of drug-likeness (QED) is 0.350. The number of halogens is 5. The maximum absolute atomic E-state index is 13.1. The Morgan fingerprint density at radius 2 is 1.67 bits per heavy atom. The van der Waals surface area contributed by atoms with Crippen molar-refractivity contribution in [1.82, 2.24) is 19.7 Å². The van der Waals surface area contributed by atoms with Gasteiger partial charge in [-0.25, -0.2) is 4.79 Å². The number of alkyl halides is 3. The van der Waals surface area contributed by atoms with Gasteiger partial charge in [0.2, 0.25) is 0 Å². The van der Waals surface area contributed by atoms with Crippen LogP contribution in [0.2, 0.25) is 10.0 Å². The van der Waals surface area contributed by atoms with Crippen LogP contribution >= 0.6 is 23.2 Å². The Morgan fingerprint density at radius 1 is 0.974 bits per heavy atom. The third-order valence-corrected chi connectivity index (χ3v) is 6.62. The molecule has 13 heteroatoms. The summed E-state index contributed by atoms with van der Waals surface area (Å²) in [6, 6.07) is 12.4. The predicted molar refractivity (Wildman–Crippen MR) is 137 cm³/mol. The lowest BCUT2D eigenvalue weighted by molar-refractivity contribution is -0.137. The molecular weight excluding hydrogens is 560 g/mol. The van der Waals surface area contributed by atoms with E-state index in [-0.39, 0.29) is 33.9 Å². The smallest absolute Gasteiger partial charge is 0.416 e. The second-order valence-corrected chi connectivity index (χ2v) is 9.50. The molecule has 0 fully saturated rings. The van der Waals surface area contributed by atoms with Crippen molar-refractivity contribution in [2.75, 3.05) is 6.54 Å². The molecule has 0 atom stereocenters. The van der Waals surface area contributed by atoms with E-state index in [0.29, 0.717) is 29.8 Å². The first-order valence-corrected chi connectivity index (χ1v) is 12.2. The van der Waals surface area contributed by atoms with Crippen molar-refractivity contribution < 1.29 is 22.7 Å². The zero-order chi connectivity index (χ0) is 27.9. The number of ether oxygens (including phenoxy) is 1. The lowest BCUT2D eigenvalue weighted by atomic mass is 9.98. The van der Waals surface area contributed by atoms with Crippen LogP contribution in [0.15, 0.2) is 70.4 Å². The molecule has 5 rings (SSSR count). The fraction of sp³-hybridized carbons (Fsp3) is 0.154. The molecule has 1 N–H and O–H groups in total. The molecule has 1 amide bonds. The molecule has 0 saturated heterocycles. The van der Waals surface area contributed by atoms with Crippen molar-refractivity contribution >= 4 is 29.1 Å². The standard InChI is InChI=1S/C26H17Cl2F3N4O4/c27-20-10-17(35-25(38)33-22(36)12-32-35)11-21(28)23(20)39-18-5-6-19-15(9-18)7-8-34(24(19)37)13-14-1-3-16(4-2-14)26(29,30)31/h1-6,9-12H,7-8,13H2,(H,33,36,38). The van der Waals surface area contributed by atoms with E-state index in [1.165, 1.54) is 24.3 Å². The Morgan fingerprint density at radius 3 is 2.31 bits per heavy atom. The number of aromatic nitrogens is 3. The summed E-state index contributed by atoms with van der Waals surface area (Å²) in [5.41, 5.74) is -0.178. The van der Waals surface area contributed by atoms with Crippen molar-refractivity contribution in [3.8, 4) is 17.2 Å². The number of carbonyl (C=O) groups is 1. The number of hydrogen-bond donors (Lipinski definition) is 1. The molecule has 0 saturated carbocycles. The molecule has 0 spiro atoms. The lowest BCUT2D eigenvalue weighted by Gasteiger charge is -2.29. The van der Waals surface area contributed by atoms with E-state index in [9.17, 15) is 27.6 Å². The minimum atomic E-state index is -4.42. The Hall–Kier alpha value is -4.09. The maximum Gasteiger partial charge on any atom is 0.416 e. The predicted octanol–water partition coefficient (Wildman–Crippen LogP) is 5.24. The normalized spacial score (nSPS) is 13.4. The fourth-order valence-electron chi connectivity index (χ4n) is 4.17. The zero-order valence-corrected chi connectivity index (χ0v) is 21.3. The van der Waals surface area contributed by atoms with Gasteiger partial charge in [0.25, 0.3) is 11.5 Å². The first-order chi connectivity index (χ1) is 18.5. The van der Waals surface area contributed by atoms with Crippen LogP contribution in [0.5, 0.6) is 11.5 Å². The molecule has 0 aliphatic carbocycles. The molecule has 4 aromatic rings. The molecule has 0 bridgehead atoms. The molecule has 200 valence electrons. The van der Waals surface area contributed by atoms with Crippen LogP contribution in [0.3, 0.4) is 0 Å². The van der Waals surface area contributed by atoms with Crippen LogP contribution in [0.1, 0.15) is 27.0 Å². The van der Waals surface area contributed by atoms with E-state index >= 15 is 0 Å². The van der Waals surface area contributed by atoms with Gasteiger partial charge >= 0.3 is 11.9 Å². The Balaban J connectivity index is 1.33. The summed E-state index contributed by atoms with van der Waals surface area (Å²) in [6.45, 7) is 0.549. The summed E-state index contributed by atoms with van der Waals surface area (Å²) in [5, 5.41) is 3.92. The van der Waals surface area contributed by atoms with Crippen molar-refractivity contribution in [2.24, 2.45) is 0 Å². The average Bonchev–Trinajstić information content (AvgIpc) is 2.87. The highest BCUT2D eigenvalue weighted by molar-refractivity contribution is 6.37. The molecule has 1 aliphatic heterocycles. The summed E-state index contributed by atoms with van der Waals surface area (Å²) < 4.78 is 45.3. The summed E-state index contributed by atoms with van der Waals surface area (Å²) >= 11 is 12.7. The van der Waals surface area contributed by atoms with Crippen molar-refractivity contribution in [3.05, 3.63) is 114 Å². The highest BCUT2D eigenvalue weighted by Crippen LogP contribution is 2.39. The SMILES string of the molecule is O=C1c2ccc(Oc3c(Cl)cc(-n4ncc(=O)[nH]c4=O)cc3Cl)cc2CCN1Cc1ccc(C(F)(F)F)cc1. The van der Waals surface area contributed by atoms with Crippen LogP contribution in [0, 0.1) is 0 Å². The van der Waals surface area contributed by atoms with Crippen LogP contribution in [-0.4, -0.2) is 32.1 Å². The van der Waals surface area contributed by atoms with E-state index in [1.807, 2.05) is 0 Å². The van der Waals surface area contributed by atoms with Gasteiger partial charge in [0.05, 0.1) is 21.3 Å². The number of nitrogens with one attached hydrogen (secondary N) is 1. The van der Waals surface area contributed by atoms with Crippen LogP contribution < -0.4 is 16.0 Å². The first-order valence-electron chi connectivity index (χ1n) is 11.4. The van der Waals surface area contributed by atoms with Gasteiger partial charge in [-0.2, -0.15) is 23.0 Å². The molecule has 2 heterocycles. The molecule has 0 radical (unpaired) electrons. The number of H-pyrrole nitrogens is 1. The number of amides is 1. The van der Waals surface area contributed by atoms with E-state index < -0.39 is 23.0 Å². The van der Waals surface area contributed by atoms with E-state index in [2.05, 4.69) is 10.1 Å². The van der Waals surface area contributed by atoms with Gasteiger partial charge in [-0.15, -0.1) is 0 Å². The number of aromatic amines is 1. The highest BCUT2D eigenvalue weighted by atomic mass is 35.5. The van der Waals surface area contributed by atoms with Gasteiger partial charge in [0.15, 0.2) is 5.75 Å². The zero-order valence-electron chi connectivity index (χ0n) is 19.8. The molecule has 1 aliphatic rings. The third-order valence-electron chi connectivity index (χ3n) is 6.06. The fourth-order valence-corrected chi connectivity index (χ4v) is 4.72. The summed E-state index contributed by atoms with van der Waals surface area (Å²) in [6.07, 6.45) is -2.98. The van der Waals surface area contributed by atoms with Crippen LogP contribution in [0.25, 0.3) is 5.69 Å². The number of fused-ring (bicyclic) bond motifs is 1. The lowest BCUT2D eigenvalue weighted by Crippen LogP contribution is -2.37. The molecule has 3 aromatic carbocycles. The Bertz CT molecular complexity index is 1680. The van der Waals surface area contributed by atoms with Crippen molar-refractivity contribution in [3.63, 3.8) is 0 Å². The topological polar surface area (TPSA) is 97.3 Å². The largest absolute Gasteiger partial charge is 0.454 e. The van der Waals surface area contributed by atoms with Gasteiger partial charge in [-0.05, 0) is 60.0 Å². The summed E-state index contributed by atoms with van der Waals surface area (Å²) in [5.74, 6) is 0.237. The number of benzene rings is 3. The molecule has 1 aromatic heterocycles. The number of carbonyl (C=O) groups excluding carboxylic acids is 1.